The number of ether oxygens (including phenoxy) is 1. The molecule has 0 heterocycles. The maximum absolute atomic E-state index is 12.8. The summed E-state index contributed by atoms with van der Waals surface area (Å²) in [5.41, 5.74) is 3.51. The van der Waals surface area contributed by atoms with E-state index in [-0.39, 0.29) is 11.5 Å². The van der Waals surface area contributed by atoms with Crippen molar-refractivity contribution in [2.75, 3.05) is 7.11 Å². The van der Waals surface area contributed by atoms with Gasteiger partial charge < -0.3 is 9.84 Å². The lowest BCUT2D eigenvalue weighted by atomic mass is 9.87. The molecule has 1 N–H and O–H groups in total. The van der Waals surface area contributed by atoms with Gasteiger partial charge in [0.25, 0.3) is 0 Å². The third-order valence-corrected chi connectivity index (χ3v) is 4.76. The Balaban J connectivity index is 1.88. The molecule has 0 aliphatic heterocycles. The number of allylic oxidation sites excluding steroid dienone is 2. The van der Waals surface area contributed by atoms with Crippen LogP contribution in [-0.2, 0) is 4.79 Å². The van der Waals surface area contributed by atoms with Crippen molar-refractivity contribution in [1.29, 1.82) is 0 Å². The molecule has 1 aliphatic rings. The van der Waals surface area contributed by atoms with Crippen molar-refractivity contribution in [3.63, 3.8) is 0 Å². The van der Waals surface area contributed by atoms with E-state index in [9.17, 15) is 9.90 Å². The number of hydrogen-bond acceptors (Lipinski definition) is 3. The highest BCUT2D eigenvalue weighted by molar-refractivity contribution is 9.10. The number of carbonyl (C=O) groups excluding carboxylic acids is 1. The average molecular weight is 399 g/mol. The zero-order valence-corrected chi connectivity index (χ0v) is 15.5. The molecule has 128 valence electrons. The Morgan fingerprint density at radius 3 is 2.24 bits per heavy atom. The molecule has 4 heteroatoms. The highest BCUT2D eigenvalue weighted by atomic mass is 79.9. The largest absolute Gasteiger partial charge is 0.504 e. The number of halogens is 1. The number of phenols is 1. The molecular formula is C21H19BrO3. The molecular weight excluding hydrogens is 380 g/mol. The molecule has 0 radical (unpaired) electrons. The van der Waals surface area contributed by atoms with Gasteiger partial charge in [-0.25, -0.2) is 0 Å². The van der Waals surface area contributed by atoms with E-state index in [1.807, 2.05) is 36.4 Å². The van der Waals surface area contributed by atoms with Crippen molar-refractivity contribution in [2.45, 2.75) is 19.3 Å². The van der Waals surface area contributed by atoms with Gasteiger partial charge in [-0.15, -0.1) is 0 Å². The Hall–Kier alpha value is -2.33. The van der Waals surface area contributed by atoms with Crippen LogP contribution in [0.25, 0.3) is 12.2 Å². The Morgan fingerprint density at radius 2 is 1.60 bits per heavy atom. The zero-order chi connectivity index (χ0) is 17.8. The summed E-state index contributed by atoms with van der Waals surface area (Å²) >= 11 is 3.42. The van der Waals surface area contributed by atoms with E-state index in [0.717, 1.165) is 46.0 Å². The number of carbonyl (C=O) groups is 1. The van der Waals surface area contributed by atoms with Crippen LogP contribution >= 0.6 is 15.9 Å². The van der Waals surface area contributed by atoms with Crippen molar-refractivity contribution in [1.82, 2.24) is 0 Å². The first-order valence-corrected chi connectivity index (χ1v) is 8.94. The lowest BCUT2D eigenvalue weighted by Crippen LogP contribution is -2.12. The van der Waals surface area contributed by atoms with Gasteiger partial charge in [0, 0.05) is 15.6 Å². The molecule has 1 fully saturated rings. The van der Waals surface area contributed by atoms with Crippen LogP contribution in [0.5, 0.6) is 11.5 Å². The van der Waals surface area contributed by atoms with Crippen LogP contribution in [0, 0.1) is 0 Å². The van der Waals surface area contributed by atoms with Crippen LogP contribution < -0.4 is 4.74 Å². The summed E-state index contributed by atoms with van der Waals surface area (Å²) in [4.78, 5) is 12.8. The summed E-state index contributed by atoms with van der Waals surface area (Å²) in [6.45, 7) is 0. The van der Waals surface area contributed by atoms with E-state index < -0.39 is 0 Å². The molecule has 0 bridgehead atoms. The zero-order valence-electron chi connectivity index (χ0n) is 14.0. The molecule has 1 saturated carbocycles. The van der Waals surface area contributed by atoms with Gasteiger partial charge >= 0.3 is 0 Å². The molecule has 0 spiro atoms. The molecule has 1 aliphatic carbocycles. The fraction of sp³-hybridized carbons (Fsp3) is 0.190. The molecule has 0 unspecified atom stereocenters. The number of methoxy groups -OCH3 is 1. The smallest absolute Gasteiger partial charge is 0.185 e. The van der Waals surface area contributed by atoms with Gasteiger partial charge in [-0.3, -0.25) is 4.79 Å². The second kappa shape index (κ2) is 7.70. The minimum atomic E-state index is 0.0930. The van der Waals surface area contributed by atoms with E-state index in [4.69, 9.17) is 4.74 Å². The first kappa shape index (κ1) is 17.5. The first-order chi connectivity index (χ1) is 12.1. The van der Waals surface area contributed by atoms with Crippen LogP contribution in [0.1, 0.15) is 30.4 Å². The predicted octanol–water partition coefficient (Wildman–Crippen LogP) is 5.38. The van der Waals surface area contributed by atoms with Crippen LogP contribution in [0.4, 0.5) is 0 Å². The molecule has 0 amide bonds. The summed E-state index contributed by atoms with van der Waals surface area (Å²) in [6, 6.07) is 13.0. The van der Waals surface area contributed by atoms with E-state index in [0.29, 0.717) is 5.75 Å². The minimum Gasteiger partial charge on any atom is -0.504 e. The second-order valence-electron chi connectivity index (χ2n) is 6.00. The fourth-order valence-corrected chi connectivity index (χ4v) is 3.19. The highest BCUT2D eigenvalue weighted by Gasteiger charge is 2.20. The van der Waals surface area contributed by atoms with Crippen molar-refractivity contribution < 1.29 is 14.6 Å². The Kier molecular flexibility index (Phi) is 5.39. The van der Waals surface area contributed by atoms with Gasteiger partial charge in [-0.1, -0.05) is 34.1 Å². The molecule has 0 aromatic heterocycles. The van der Waals surface area contributed by atoms with Crippen LogP contribution in [0.3, 0.4) is 0 Å². The van der Waals surface area contributed by atoms with E-state index in [2.05, 4.69) is 15.9 Å². The lowest BCUT2D eigenvalue weighted by molar-refractivity contribution is -0.112. The van der Waals surface area contributed by atoms with E-state index >= 15 is 0 Å². The Labute approximate surface area is 155 Å². The Bertz CT molecular complexity index is 848. The summed E-state index contributed by atoms with van der Waals surface area (Å²) in [7, 11) is 1.51. The normalized spacial score (nSPS) is 17.9. The number of rotatable bonds is 3. The van der Waals surface area contributed by atoms with Gasteiger partial charge in [-0.2, -0.15) is 0 Å². The third-order valence-electron chi connectivity index (χ3n) is 4.23. The van der Waals surface area contributed by atoms with Crippen molar-refractivity contribution in [2.24, 2.45) is 0 Å². The SMILES string of the molecule is COc1cc(/C=C2\CCC/C(=C\c3ccc(Br)cc3)C2=O)ccc1O. The fourth-order valence-electron chi connectivity index (χ4n) is 2.92. The van der Waals surface area contributed by atoms with Gasteiger partial charge in [0.1, 0.15) is 0 Å². The van der Waals surface area contributed by atoms with Crippen LogP contribution in [-0.4, -0.2) is 18.0 Å². The van der Waals surface area contributed by atoms with Gasteiger partial charge in [0.15, 0.2) is 17.3 Å². The number of ketones is 1. The maximum Gasteiger partial charge on any atom is 0.185 e. The Morgan fingerprint density at radius 1 is 1.00 bits per heavy atom. The molecule has 3 nitrogen and oxygen atoms in total. The van der Waals surface area contributed by atoms with Crippen LogP contribution in [0.15, 0.2) is 58.1 Å². The summed E-state index contributed by atoms with van der Waals surface area (Å²) in [6.07, 6.45) is 6.37. The number of Topliss-reactive ketones (excluding diaryl/α,β-unsaturated/α-hetero) is 1. The van der Waals surface area contributed by atoms with Crippen molar-refractivity contribution >= 4 is 33.9 Å². The van der Waals surface area contributed by atoms with Crippen LogP contribution in [0.2, 0.25) is 0 Å². The highest BCUT2D eigenvalue weighted by Crippen LogP contribution is 2.31. The minimum absolute atomic E-state index is 0.0930. The topological polar surface area (TPSA) is 46.5 Å². The molecule has 2 aromatic carbocycles. The third kappa shape index (κ3) is 4.20. The summed E-state index contributed by atoms with van der Waals surface area (Å²) < 4.78 is 6.15. The van der Waals surface area contributed by atoms with Gasteiger partial charge in [0.2, 0.25) is 0 Å². The first-order valence-electron chi connectivity index (χ1n) is 8.15. The molecule has 0 atom stereocenters. The van der Waals surface area contributed by atoms with E-state index in [1.165, 1.54) is 7.11 Å². The molecule has 0 saturated heterocycles. The number of aromatic hydroxyl groups is 1. The van der Waals surface area contributed by atoms with Crippen molar-refractivity contribution in [3.8, 4) is 11.5 Å². The number of phenolic OH excluding ortho intramolecular Hbond substituents is 1. The molecule has 3 rings (SSSR count). The summed E-state index contributed by atoms with van der Waals surface area (Å²) in [5, 5.41) is 9.69. The average Bonchev–Trinajstić information content (AvgIpc) is 2.62. The molecule has 25 heavy (non-hydrogen) atoms. The standard InChI is InChI=1S/C21H19BrO3/c1-25-20-13-15(7-10-19(20)23)12-17-4-2-3-16(21(17)24)11-14-5-8-18(22)9-6-14/h5-13,23H,2-4H2,1H3/b16-11+,17-12+. The van der Waals surface area contributed by atoms with Crippen molar-refractivity contribution in [3.05, 3.63) is 69.2 Å². The maximum atomic E-state index is 12.8. The summed E-state index contributed by atoms with van der Waals surface area (Å²) in [5.74, 6) is 0.597. The van der Waals surface area contributed by atoms with Gasteiger partial charge in [0.05, 0.1) is 7.11 Å². The quantitative estimate of drug-likeness (QED) is 0.705. The number of hydrogen-bond donors (Lipinski definition) is 1. The molecule has 2 aromatic rings. The number of benzene rings is 2. The van der Waals surface area contributed by atoms with Gasteiger partial charge in [-0.05, 0) is 66.8 Å². The predicted molar refractivity (Wildman–Crippen MR) is 104 cm³/mol. The van der Waals surface area contributed by atoms with E-state index in [1.54, 1.807) is 18.2 Å². The lowest BCUT2D eigenvalue weighted by Gasteiger charge is -2.17. The second-order valence-corrected chi connectivity index (χ2v) is 6.92. The monoisotopic (exact) mass is 398 g/mol.